The summed E-state index contributed by atoms with van der Waals surface area (Å²) in [4.78, 5) is 23.7. The predicted molar refractivity (Wildman–Crippen MR) is 79.9 cm³/mol. The van der Waals surface area contributed by atoms with Gasteiger partial charge in [-0.05, 0) is 18.6 Å². The zero-order valence-corrected chi connectivity index (χ0v) is 12.2. The normalized spacial score (nSPS) is 20.1. The van der Waals surface area contributed by atoms with Gasteiger partial charge in [0.25, 0.3) is 0 Å². The Labute approximate surface area is 127 Å². The molecule has 0 radical (unpaired) electrons. The van der Waals surface area contributed by atoms with E-state index in [1.165, 1.54) is 0 Å². The first-order chi connectivity index (χ1) is 9.54. The van der Waals surface area contributed by atoms with Crippen molar-refractivity contribution in [1.29, 1.82) is 0 Å². The molecule has 0 aliphatic heterocycles. The van der Waals surface area contributed by atoms with Crippen molar-refractivity contribution in [2.75, 3.05) is 11.9 Å². The molecule has 1 aromatic carbocycles. The number of hydrogen-bond acceptors (Lipinski definition) is 2. The van der Waals surface area contributed by atoms with Crippen molar-refractivity contribution < 1.29 is 9.59 Å². The largest absolute Gasteiger partial charge is 0.352 e. The third kappa shape index (κ3) is 3.32. The van der Waals surface area contributed by atoms with Crippen LogP contribution in [-0.4, -0.2) is 18.4 Å². The average molecular weight is 313 g/mol. The summed E-state index contributed by atoms with van der Waals surface area (Å²) in [7, 11) is 0. The van der Waals surface area contributed by atoms with Crippen LogP contribution in [0.4, 0.5) is 5.69 Å². The first-order valence-corrected chi connectivity index (χ1v) is 6.93. The van der Waals surface area contributed by atoms with Gasteiger partial charge in [-0.2, -0.15) is 0 Å². The summed E-state index contributed by atoms with van der Waals surface area (Å²) >= 11 is 11.9. The molecule has 106 valence electrons. The Kier molecular flexibility index (Phi) is 4.68. The maximum Gasteiger partial charge on any atom is 0.228 e. The molecule has 1 aliphatic rings. The van der Waals surface area contributed by atoms with E-state index in [1.54, 1.807) is 24.3 Å². The molecule has 2 N–H and O–H groups in total. The maximum atomic E-state index is 12.0. The molecule has 1 fully saturated rings. The van der Waals surface area contributed by atoms with E-state index in [2.05, 4.69) is 17.2 Å². The van der Waals surface area contributed by atoms with Gasteiger partial charge in [0.1, 0.15) is 0 Å². The highest BCUT2D eigenvalue weighted by Crippen LogP contribution is 2.40. The van der Waals surface area contributed by atoms with E-state index in [9.17, 15) is 9.59 Å². The molecule has 1 aliphatic carbocycles. The fourth-order valence-electron chi connectivity index (χ4n) is 1.90. The van der Waals surface area contributed by atoms with E-state index in [0.29, 0.717) is 28.7 Å². The zero-order valence-electron chi connectivity index (χ0n) is 10.7. The lowest BCUT2D eigenvalue weighted by atomic mass is 10.2. The summed E-state index contributed by atoms with van der Waals surface area (Å²) in [6.45, 7) is 3.93. The number of anilines is 1. The summed E-state index contributed by atoms with van der Waals surface area (Å²) < 4.78 is 0. The highest BCUT2D eigenvalue weighted by atomic mass is 35.5. The molecule has 0 saturated heterocycles. The molecule has 6 heteroatoms. The van der Waals surface area contributed by atoms with Gasteiger partial charge in [0.15, 0.2) is 0 Å². The lowest BCUT2D eigenvalue weighted by Gasteiger charge is -2.08. The molecule has 1 aromatic rings. The van der Waals surface area contributed by atoms with E-state index < -0.39 is 0 Å². The summed E-state index contributed by atoms with van der Waals surface area (Å²) in [6, 6.07) is 5.01. The van der Waals surface area contributed by atoms with Gasteiger partial charge >= 0.3 is 0 Å². The molecule has 20 heavy (non-hydrogen) atoms. The second kappa shape index (κ2) is 6.29. The third-order valence-electron chi connectivity index (χ3n) is 3.09. The molecule has 0 bridgehead atoms. The van der Waals surface area contributed by atoms with Gasteiger partial charge in [-0.3, -0.25) is 9.59 Å². The molecule has 2 amide bonds. The lowest BCUT2D eigenvalue weighted by molar-refractivity contribution is -0.125. The van der Waals surface area contributed by atoms with Crippen LogP contribution in [0.3, 0.4) is 0 Å². The molecule has 0 spiro atoms. The summed E-state index contributed by atoms with van der Waals surface area (Å²) in [5.74, 6) is -0.919. The Balaban J connectivity index is 1.93. The standard InChI is InChI=1S/C14H14Cl2N2O2/c1-2-6-17-13(19)8-7-9(8)14(20)18-11-5-3-4-10(15)12(11)16/h2-5,8-9H,1,6-7H2,(H,17,19)(H,18,20). The fraction of sp³-hybridized carbons (Fsp3) is 0.286. The summed E-state index contributed by atoms with van der Waals surface area (Å²) in [5.41, 5.74) is 0.460. The van der Waals surface area contributed by atoms with Gasteiger partial charge in [0, 0.05) is 6.54 Å². The van der Waals surface area contributed by atoms with Crippen LogP contribution < -0.4 is 10.6 Å². The van der Waals surface area contributed by atoms with Crippen LogP contribution in [0.1, 0.15) is 6.42 Å². The molecular formula is C14H14Cl2N2O2. The SMILES string of the molecule is C=CCNC(=O)C1CC1C(=O)Nc1cccc(Cl)c1Cl. The molecule has 2 unspecified atom stereocenters. The monoisotopic (exact) mass is 312 g/mol. The summed E-state index contributed by atoms with van der Waals surface area (Å²) in [6.07, 6.45) is 2.15. The Bertz CT molecular complexity index is 560. The van der Waals surface area contributed by atoms with E-state index in [-0.39, 0.29) is 23.7 Å². The molecule has 2 rings (SSSR count). The van der Waals surface area contributed by atoms with Crippen molar-refractivity contribution in [1.82, 2.24) is 5.32 Å². The summed E-state index contributed by atoms with van der Waals surface area (Å²) in [5, 5.41) is 6.05. The average Bonchev–Trinajstić information content (AvgIpc) is 3.21. The Morgan fingerprint density at radius 2 is 2.00 bits per heavy atom. The topological polar surface area (TPSA) is 58.2 Å². The van der Waals surface area contributed by atoms with Crippen molar-refractivity contribution >= 4 is 40.7 Å². The number of nitrogens with one attached hydrogen (secondary N) is 2. The van der Waals surface area contributed by atoms with Crippen molar-refractivity contribution in [2.24, 2.45) is 11.8 Å². The Morgan fingerprint density at radius 1 is 1.30 bits per heavy atom. The van der Waals surface area contributed by atoms with Crippen molar-refractivity contribution in [3.8, 4) is 0 Å². The second-order valence-electron chi connectivity index (χ2n) is 4.57. The van der Waals surface area contributed by atoms with Gasteiger partial charge in [-0.15, -0.1) is 6.58 Å². The predicted octanol–water partition coefficient (Wildman–Crippen LogP) is 2.87. The zero-order chi connectivity index (χ0) is 14.7. The Morgan fingerprint density at radius 3 is 2.70 bits per heavy atom. The van der Waals surface area contributed by atoms with Gasteiger partial charge in [-0.1, -0.05) is 35.3 Å². The van der Waals surface area contributed by atoms with Gasteiger partial charge in [0.2, 0.25) is 11.8 Å². The van der Waals surface area contributed by atoms with Crippen LogP contribution in [0.5, 0.6) is 0 Å². The number of carbonyl (C=O) groups is 2. The van der Waals surface area contributed by atoms with Crippen LogP contribution in [-0.2, 0) is 9.59 Å². The molecule has 0 aromatic heterocycles. The highest BCUT2D eigenvalue weighted by Gasteiger charge is 2.47. The van der Waals surface area contributed by atoms with Crippen molar-refractivity contribution in [2.45, 2.75) is 6.42 Å². The van der Waals surface area contributed by atoms with Gasteiger partial charge < -0.3 is 10.6 Å². The van der Waals surface area contributed by atoms with Crippen molar-refractivity contribution in [3.05, 3.63) is 40.9 Å². The molecule has 2 atom stereocenters. The third-order valence-corrected chi connectivity index (χ3v) is 3.91. The first kappa shape index (κ1) is 14.9. The lowest BCUT2D eigenvalue weighted by Crippen LogP contribution is -2.27. The maximum absolute atomic E-state index is 12.0. The smallest absolute Gasteiger partial charge is 0.228 e. The molecule has 1 saturated carbocycles. The van der Waals surface area contributed by atoms with Gasteiger partial charge in [-0.25, -0.2) is 0 Å². The highest BCUT2D eigenvalue weighted by molar-refractivity contribution is 6.44. The van der Waals surface area contributed by atoms with Crippen LogP contribution in [0.15, 0.2) is 30.9 Å². The quantitative estimate of drug-likeness (QED) is 0.821. The first-order valence-electron chi connectivity index (χ1n) is 6.18. The van der Waals surface area contributed by atoms with E-state index >= 15 is 0 Å². The number of halogens is 2. The fourth-order valence-corrected chi connectivity index (χ4v) is 2.25. The minimum atomic E-state index is -0.310. The molecular weight excluding hydrogens is 299 g/mol. The molecule has 0 heterocycles. The number of rotatable bonds is 5. The van der Waals surface area contributed by atoms with Crippen LogP contribution in [0.2, 0.25) is 10.0 Å². The minimum Gasteiger partial charge on any atom is -0.352 e. The number of benzene rings is 1. The number of carbonyl (C=O) groups excluding carboxylic acids is 2. The van der Waals surface area contributed by atoms with E-state index in [4.69, 9.17) is 23.2 Å². The molecule has 4 nitrogen and oxygen atoms in total. The van der Waals surface area contributed by atoms with E-state index in [1.807, 2.05) is 0 Å². The number of hydrogen-bond donors (Lipinski definition) is 2. The van der Waals surface area contributed by atoms with Crippen LogP contribution in [0.25, 0.3) is 0 Å². The van der Waals surface area contributed by atoms with Crippen LogP contribution >= 0.6 is 23.2 Å². The number of amides is 2. The van der Waals surface area contributed by atoms with E-state index in [0.717, 1.165) is 0 Å². The Hall–Kier alpha value is -1.52. The van der Waals surface area contributed by atoms with Crippen molar-refractivity contribution in [3.63, 3.8) is 0 Å². The van der Waals surface area contributed by atoms with Gasteiger partial charge in [0.05, 0.1) is 27.6 Å². The van der Waals surface area contributed by atoms with Crippen LogP contribution in [0, 0.1) is 11.8 Å². The minimum absolute atomic E-state index is 0.123. The second-order valence-corrected chi connectivity index (χ2v) is 5.36.